The average Bonchev–Trinajstić information content (AvgIpc) is 3.28. The molecule has 0 radical (unpaired) electrons. The number of hydrogen-bond donors (Lipinski definition) is 3. The summed E-state index contributed by atoms with van der Waals surface area (Å²) in [6.07, 6.45) is 3.25. The first kappa shape index (κ1) is 21.7. The highest BCUT2D eigenvalue weighted by Gasteiger charge is 2.27. The summed E-state index contributed by atoms with van der Waals surface area (Å²) >= 11 is 0. The number of carboxylic acids is 1. The number of benzene rings is 1. The van der Waals surface area contributed by atoms with Gasteiger partial charge in [0.1, 0.15) is 5.75 Å². The molecule has 8 heteroatoms. The molecule has 174 valence electrons. The summed E-state index contributed by atoms with van der Waals surface area (Å²) in [4.78, 5) is 31.5. The number of fused-ring (bicyclic) bond motifs is 4. The van der Waals surface area contributed by atoms with E-state index in [-0.39, 0.29) is 0 Å². The molecule has 1 atom stereocenters. The summed E-state index contributed by atoms with van der Waals surface area (Å²) in [5.41, 5.74) is 4.04. The van der Waals surface area contributed by atoms with Gasteiger partial charge in [0.2, 0.25) is 0 Å². The standard InChI is InChI=1S/C25H30N4O4/c1-27(2)16-7-8-29(12-16)13-17-9-15-10-19-14(11-20(15)28(17)3)5-4-6-18-22(19)26-24(31)21(23(18)30)25(32)33/h9-11,16H,4-8,12-13H2,1-3H3,(H,32,33)(H2,26,30,31). The van der Waals surface area contributed by atoms with Crippen LogP contribution in [0.5, 0.6) is 5.75 Å². The fourth-order valence-electron chi connectivity index (χ4n) is 5.44. The van der Waals surface area contributed by atoms with Crippen molar-refractivity contribution in [1.82, 2.24) is 19.4 Å². The molecule has 1 aliphatic carbocycles. The van der Waals surface area contributed by atoms with E-state index in [0.29, 0.717) is 23.7 Å². The summed E-state index contributed by atoms with van der Waals surface area (Å²) in [5, 5.41) is 21.0. The van der Waals surface area contributed by atoms with Crippen molar-refractivity contribution in [1.29, 1.82) is 0 Å². The number of carboxylic acid groups (broad SMARTS) is 1. The lowest BCUT2D eigenvalue weighted by atomic mass is 9.98. The minimum Gasteiger partial charge on any atom is -0.506 e. The molecule has 1 unspecified atom stereocenters. The minimum atomic E-state index is -1.41. The number of pyridine rings is 1. The lowest BCUT2D eigenvalue weighted by Gasteiger charge is -2.20. The van der Waals surface area contributed by atoms with Gasteiger partial charge in [-0.05, 0) is 63.5 Å². The van der Waals surface area contributed by atoms with Crippen LogP contribution in [0.1, 0.15) is 40.0 Å². The number of likely N-dealkylation sites (tertiary alicyclic amines) is 1. The van der Waals surface area contributed by atoms with Gasteiger partial charge in [-0.25, -0.2) is 4.79 Å². The molecule has 3 aromatic rings. The molecule has 33 heavy (non-hydrogen) atoms. The normalized spacial score (nSPS) is 18.5. The average molecular weight is 451 g/mol. The van der Waals surface area contributed by atoms with Crippen LogP contribution in [0.15, 0.2) is 23.0 Å². The Labute approximate surface area is 192 Å². The molecule has 1 aliphatic heterocycles. The summed E-state index contributed by atoms with van der Waals surface area (Å²) in [6, 6.07) is 7.04. The zero-order valence-electron chi connectivity index (χ0n) is 19.3. The van der Waals surface area contributed by atoms with Crippen molar-refractivity contribution < 1.29 is 15.0 Å². The van der Waals surface area contributed by atoms with Gasteiger partial charge in [0.25, 0.3) is 5.56 Å². The SMILES string of the molecule is CN(C)C1CCN(Cc2cc3cc4c(cc3n2C)CCCc2c-4[nH]c(=O)c(C(=O)O)c2O)C1. The number of aryl methyl sites for hydroxylation is 2. The Kier molecular flexibility index (Phi) is 5.29. The number of carbonyl (C=O) groups is 1. The van der Waals surface area contributed by atoms with Gasteiger partial charge in [0.05, 0.1) is 5.69 Å². The smallest absolute Gasteiger partial charge is 0.345 e. The quantitative estimate of drug-likeness (QED) is 0.565. The van der Waals surface area contributed by atoms with Crippen molar-refractivity contribution in [2.45, 2.75) is 38.3 Å². The van der Waals surface area contributed by atoms with Gasteiger partial charge in [0, 0.05) is 60.4 Å². The van der Waals surface area contributed by atoms with E-state index in [1.807, 2.05) is 0 Å². The van der Waals surface area contributed by atoms with E-state index >= 15 is 0 Å². The number of aromatic carboxylic acids is 1. The minimum absolute atomic E-state index is 0.410. The number of aromatic nitrogens is 2. The summed E-state index contributed by atoms with van der Waals surface area (Å²) in [5.74, 6) is -1.82. The number of hydrogen-bond acceptors (Lipinski definition) is 5. The van der Waals surface area contributed by atoms with Crippen LogP contribution in [0.25, 0.3) is 22.2 Å². The molecule has 0 saturated carbocycles. The lowest BCUT2D eigenvalue weighted by Crippen LogP contribution is -2.31. The van der Waals surface area contributed by atoms with Crippen LogP contribution in [0.2, 0.25) is 0 Å². The molecule has 3 N–H and O–H groups in total. The summed E-state index contributed by atoms with van der Waals surface area (Å²) in [6.45, 7) is 3.03. The van der Waals surface area contributed by atoms with Crippen molar-refractivity contribution in [3.05, 3.63) is 50.9 Å². The first-order chi connectivity index (χ1) is 15.7. The zero-order valence-corrected chi connectivity index (χ0v) is 19.3. The van der Waals surface area contributed by atoms with E-state index in [4.69, 9.17) is 0 Å². The fraction of sp³-hybridized carbons (Fsp3) is 0.440. The van der Waals surface area contributed by atoms with Crippen LogP contribution in [0, 0.1) is 0 Å². The molecular formula is C25H30N4O4. The van der Waals surface area contributed by atoms with Crippen LogP contribution >= 0.6 is 0 Å². The first-order valence-electron chi connectivity index (χ1n) is 11.5. The Balaban J connectivity index is 1.57. The third-order valence-electron chi connectivity index (χ3n) is 7.38. The highest BCUT2D eigenvalue weighted by molar-refractivity contribution is 5.93. The van der Waals surface area contributed by atoms with Crippen molar-refractivity contribution >= 4 is 16.9 Å². The number of aromatic hydroxyl groups is 1. The van der Waals surface area contributed by atoms with E-state index in [1.165, 1.54) is 12.1 Å². The van der Waals surface area contributed by atoms with Crippen LogP contribution < -0.4 is 5.56 Å². The number of H-pyrrole nitrogens is 1. The summed E-state index contributed by atoms with van der Waals surface area (Å²) < 4.78 is 2.25. The number of likely N-dealkylation sites (N-methyl/N-ethyl adjacent to an activating group) is 1. The maximum Gasteiger partial charge on any atom is 0.345 e. The second-order valence-corrected chi connectivity index (χ2v) is 9.59. The molecule has 5 rings (SSSR count). The molecule has 0 spiro atoms. The van der Waals surface area contributed by atoms with Gasteiger partial charge in [-0.15, -0.1) is 0 Å². The van der Waals surface area contributed by atoms with Crippen molar-refractivity contribution in [3.8, 4) is 17.0 Å². The maximum atomic E-state index is 12.5. The number of nitrogens with one attached hydrogen (secondary N) is 1. The van der Waals surface area contributed by atoms with E-state index in [9.17, 15) is 19.8 Å². The van der Waals surface area contributed by atoms with Gasteiger partial charge < -0.3 is 24.7 Å². The van der Waals surface area contributed by atoms with Gasteiger partial charge >= 0.3 is 5.97 Å². The van der Waals surface area contributed by atoms with Crippen molar-refractivity contribution in [3.63, 3.8) is 0 Å². The maximum absolute atomic E-state index is 12.5. The molecule has 8 nitrogen and oxygen atoms in total. The van der Waals surface area contributed by atoms with Gasteiger partial charge in [0.15, 0.2) is 5.56 Å². The van der Waals surface area contributed by atoms with Crippen LogP contribution in [-0.2, 0) is 26.4 Å². The highest BCUT2D eigenvalue weighted by Crippen LogP contribution is 2.38. The van der Waals surface area contributed by atoms with Crippen molar-refractivity contribution in [2.75, 3.05) is 27.2 Å². The molecule has 2 aromatic heterocycles. The van der Waals surface area contributed by atoms with Gasteiger partial charge in [-0.2, -0.15) is 0 Å². The number of nitrogens with zero attached hydrogens (tertiary/aromatic N) is 3. The third-order valence-corrected chi connectivity index (χ3v) is 7.38. The van der Waals surface area contributed by atoms with Crippen LogP contribution in [0.4, 0.5) is 0 Å². The Bertz CT molecular complexity index is 1320. The first-order valence-corrected chi connectivity index (χ1v) is 11.5. The largest absolute Gasteiger partial charge is 0.506 e. The van der Waals surface area contributed by atoms with E-state index in [1.54, 1.807) is 0 Å². The number of rotatable bonds is 4. The fourth-order valence-corrected chi connectivity index (χ4v) is 5.44. The molecule has 2 aliphatic rings. The monoisotopic (exact) mass is 450 g/mol. The highest BCUT2D eigenvalue weighted by atomic mass is 16.4. The zero-order chi connectivity index (χ0) is 23.4. The predicted molar refractivity (Wildman–Crippen MR) is 127 cm³/mol. The Morgan fingerprint density at radius 1 is 1.24 bits per heavy atom. The van der Waals surface area contributed by atoms with Gasteiger partial charge in [-0.1, -0.05) is 0 Å². The molecular weight excluding hydrogens is 420 g/mol. The third kappa shape index (κ3) is 3.63. The van der Waals surface area contributed by atoms with E-state index in [2.05, 4.69) is 58.7 Å². The Morgan fingerprint density at radius 2 is 2.03 bits per heavy atom. The van der Waals surface area contributed by atoms with E-state index in [0.717, 1.165) is 54.5 Å². The molecule has 3 heterocycles. The molecule has 0 bridgehead atoms. The second-order valence-electron chi connectivity index (χ2n) is 9.59. The van der Waals surface area contributed by atoms with Gasteiger partial charge in [-0.3, -0.25) is 9.69 Å². The number of aromatic amines is 1. The van der Waals surface area contributed by atoms with Crippen LogP contribution in [-0.4, -0.2) is 68.8 Å². The molecule has 0 amide bonds. The van der Waals surface area contributed by atoms with E-state index < -0.39 is 22.8 Å². The second kappa shape index (κ2) is 8.04. The predicted octanol–water partition coefficient (Wildman–Crippen LogP) is 2.56. The Hall–Kier alpha value is -3.10. The topological polar surface area (TPSA) is 102 Å². The van der Waals surface area contributed by atoms with Crippen molar-refractivity contribution in [2.24, 2.45) is 7.05 Å². The summed E-state index contributed by atoms with van der Waals surface area (Å²) in [7, 11) is 6.37. The molecule has 1 aromatic carbocycles. The Morgan fingerprint density at radius 3 is 2.73 bits per heavy atom. The molecule has 1 fully saturated rings. The lowest BCUT2D eigenvalue weighted by molar-refractivity contribution is 0.0691. The van der Waals surface area contributed by atoms with Crippen LogP contribution in [0.3, 0.4) is 0 Å². The molecule has 1 saturated heterocycles.